The zero-order valence-corrected chi connectivity index (χ0v) is 19.2. The van der Waals surface area contributed by atoms with Crippen LogP contribution in [0.5, 0.6) is 5.75 Å². The number of nitrogens with zero attached hydrogens (tertiary/aromatic N) is 2. The number of carbonyl (C=O) groups is 1. The molecule has 1 fully saturated rings. The highest BCUT2D eigenvalue weighted by atomic mass is 79.9. The molecule has 0 saturated carbocycles. The van der Waals surface area contributed by atoms with Crippen molar-refractivity contribution < 1.29 is 9.53 Å². The molecular weight excluding hydrogens is 516 g/mol. The first-order valence-corrected chi connectivity index (χ1v) is 10.7. The minimum absolute atomic E-state index is 0.0631. The fourth-order valence-corrected chi connectivity index (χ4v) is 5.04. The van der Waals surface area contributed by atoms with Crippen molar-refractivity contribution in [3.05, 3.63) is 66.4 Å². The van der Waals surface area contributed by atoms with Crippen molar-refractivity contribution in [2.45, 2.75) is 6.61 Å². The number of halogens is 3. The lowest BCUT2D eigenvalue weighted by molar-refractivity contribution is -0.121. The highest BCUT2D eigenvalue weighted by Gasteiger charge is 2.29. The summed E-state index contributed by atoms with van der Waals surface area (Å²) < 4.78 is 7.50. The molecule has 0 aromatic heterocycles. The highest BCUT2D eigenvalue weighted by Crippen LogP contribution is 2.38. The number of aliphatic imine (C=N–C) groups is 1. The van der Waals surface area contributed by atoms with Gasteiger partial charge in [-0.15, -0.1) is 0 Å². The Morgan fingerprint density at radius 1 is 1.26 bits per heavy atom. The number of rotatable bonds is 4. The summed E-state index contributed by atoms with van der Waals surface area (Å²) >= 11 is 14.6. The van der Waals surface area contributed by atoms with Gasteiger partial charge in [0.05, 0.1) is 13.9 Å². The van der Waals surface area contributed by atoms with E-state index in [4.69, 9.17) is 16.3 Å². The minimum atomic E-state index is -0.0631. The Labute approximate surface area is 183 Å². The van der Waals surface area contributed by atoms with E-state index < -0.39 is 0 Å². The van der Waals surface area contributed by atoms with E-state index in [2.05, 4.69) is 36.9 Å². The summed E-state index contributed by atoms with van der Waals surface area (Å²) in [5.74, 6) is 0.613. The molecule has 0 atom stereocenters. The second kappa shape index (κ2) is 8.82. The molecule has 140 valence electrons. The maximum absolute atomic E-state index is 12.3. The Bertz CT molecular complexity index is 939. The monoisotopic (exact) mass is 528 g/mol. The van der Waals surface area contributed by atoms with Gasteiger partial charge < -0.3 is 4.74 Å². The molecule has 2 aromatic rings. The molecule has 8 heteroatoms. The van der Waals surface area contributed by atoms with Crippen LogP contribution < -0.4 is 4.74 Å². The van der Waals surface area contributed by atoms with Crippen LogP contribution in [0.3, 0.4) is 0 Å². The standard InChI is InChI=1S/C19H15Br2ClN2O2S/c1-23-19-24(2)18(25)16(27-19)9-11-7-13(20)17(14(21)8-11)26-10-12-5-3-4-6-15(12)22/h3-9H,10H2,1-2H3/b16-9-,23-19?. The number of amidine groups is 1. The van der Waals surface area contributed by atoms with Gasteiger partial charge in [0.15, 0.2) is 5.17 Å². The van der Waals surface area contributed by atoms with Crippen LogP contribution in [0, 0.1) is 0 Å². The van der Waals surface area contributed by atoms with Crippen molar-refractivity contribution in [1.29, 1.82) is 0 Å². The quantitative estimate of drug-likeness (QED) is 0.457. The van der Waals surface area contributed by atoms with Gasteiger partial charge in [0, 0.05) is 24.7 Å². The lowest BCUT2D eigenvalue weighted by Crippen LogP contribution is -2.23. The van der Waals surface area contributed by atoms with Gasteiger partial charge >= 0.3 is 0 Å². The molecule has 1 saturated heterocycles. The third kappa shape index (κ3) is 4.59. The molecule has 1 heterocycles. The maximum Gasteiger partial charge on any atom is 0.266 e. The molecule has 0 bridgehead atoms. The van der Waals surface area contributed by atoms with Crippen molar-refractivity contribution in [2.75, 3.05) is 14.1 Å². The molecule has 0 aliphatic carbocycles. The van der Waals surface area contributed by atoms with Gasteiger partial charge in [0.1, 0.15) is 12.4 Å². The van der Waals surface area contributed by atoms with Crippen molar-refractivity contribution in [2.24, 2.45) is 4.99 Å². The summed E-state index contributed by atoms with van der Waals surface area (Å²) in [6.45, 7) is 0.354. The molecule has 0 unspecified atom stereocenters. The van der Waals surface area contributed by atoms with Gasteiger partial charge in [0.2, 0.25) is 0 Å². The van der Waals surface area contributed by atoms with Crippen molar-refractivity contribution in [3.8, 4) is 5.75 Å². The molecule has 4 nitrogen and oxygen atoms in total. The lowest BCUT2D eigenvalue weighted by atomic mass is 10.2. The number of hydrogen-bond acceptors (Lipinski definition) is 4. The lowest BCUT2D eigenvalue weighted by Gasteiger charge is -2.12. The van der Waals surface area contributed by atoms with Gasteiger partial charge in [-0.2, -0.15) is 0 Å². The number of ether oxygens (including phenoxy) is 1. The molecule has 0 radical (unpaired) electrons. The fraction of sp³-hybridized carbons (Fsp3) is 0.158. The summed E-state index contributed by atoms with van der Waals surface area (Å²) in [5.41, 5.74) is 1.78. The average molecular weight is 531 g/mol. The Kier molecular flexibility index (Phi) is 6.68. The van der Waals surface area contributed by atoms with Crippen LogP contribution in [0.1, 0.15) is 11.1 Å². The predicted molar refractivity (Wildman–Crippen MR) is 119 cm³/mol. The van der Waals surface area contributed by atoms with Crippen molar-refractivity contribution in [1.82, 2.24) is 4.90 Å². The van der Waals surface area contributed by atoms with Crippen LogP contribution in [0.2, 0.25) is 5.02 Å². The first kappa shape index (κ1) is 20.5. The fourth-order valence-electron chi connectivity index (χ4n) is 2.47. The summed E-state index contributed by atoms with van der Waals surface area (Å²) in [7, 11) is 3.39. The van der Waals surface area contributed by atoms with Crippen LogP contribution in [-0.4, -0.2) is 30.1 Å². The summed E-state index contributed by atoms with van der Waals surface area (Å²) in [6, 6.07) is 11.4. The number of thioether (sulfide) groups is 1. The molecule has 27 heavy (non-hydrogen) atoms. The zero-order valence-electron chi connectivity index (χ0n) is 14.5. The van der Waals surface area contributed by atoms with E-state index in [0.29, 0.717) is 27.5 Å². The maximum atomic E-state index is 12.3. The largest absolute Gasteiger partial charge is 0.486 e. The summed E-state index contributed by atoms with van der Waals surface area (Å²) in [6.07, 6.45) is 1.84. The number of benzene rings is 2. The third-order valence-electron chi connectivity index (χ3n) is 3.84. The summed E-state index contributed by atoms with van der Waals surface area (Å²) in [4.78, 5) is 18.6. The van der Waals surface area contributed by atoms with Gasteiger partial charge in [-0.05, 0) is 73.5 Å². The van der Waals surface area contributed by atoms with Crippen molar-refractivity contribution in [3.63, 3.8) is 0 Å². The molecule has 1 aliphatic heterocycles. The van der Waals surface area contributed by atoms with Crippen LogP contribution in [0.25, 0.3) is 6.08 Å². The first-order valence-electron chi connectivity index (χ1n) is 7.90. The van der Waals surface area contributed by atoms with Gasteiger partial charge in [-0.3, -0.25) is 14.7 Å². The van der Waals surface area contributed by atoms with E-state index in [1.54, 1.807) is 19.0 Å². The van der Waals surface area contributed by atoms with E-state index in [-0.39, 0.29) is 5.91 Å². The van der Waals surface area contributed by atoms with Gasteiger partial charge in [-0.25, -0.2) is 0 Å². The molecule has 0 spiro atoms. The highest BCUT2D eigenvalue weighted by molar-refractivity contribution is 9.11. The molecule has 1 aliphatic rings. The second-order valence-electron chi connectivity index (χ2n) is 5.67. The van der Waals surface area contributed by atoms with Crippen LogP contribution in [0.15, 0.2) is 55.2 Å². The number of amides is 1. The first-order chi connectivity index (χ1) is 12.9. The zero-order chi connectivity index (χ0) is 19.6. The van der Waals surface area contributed by atoms with E-state index in [1.165, 1.54) is 11.8 Å². The van der Waals surface area contributed by atoms with E-state index in [9.17, 15) is 4.79 Å². The number of likely N-dealkylation sites (N-methyl/N-ethyl adjacent to an activating group) is 1. The molecule has 2 aromatic carbocycles. The van der Waals surface area contributed by atoms with E-state index in [1.807, 2.05) is 42.5 Å². The number of hydrogen-bond donors (Lipinski definition) is 0. The Morgan fingerprint density at radius 2 is 1.93 bits per heavy atom. The minimum Gasteiger partial charge on any atom is -0.486 e. The van der Waals surface area contributed by atoms with E-state index in [0.717, 1.165) is 20.1 Å². The molecular formula is C19H15Br2ClN2O2S. The summed E-state index contributed by atoms with van der Waals surface area (Å²) in [5, 5.41) is 1.35. The normalized spacial score (nSPS) is 17.2. The SMILES string of the molecule is CN=C1S/C(=C\c2cc(Br)c(OCc3ccccc3Cl)c(Br)c2)C(=O)N1C. The second-order valence-corrected chi connectivity index (χ2v) is 8.80. The predicted octanol–water partition coefficient (Wildman–Crippen LogP) is 5.98. The van der Waals surface area contributed by atoms with Crippen LogP contribution in [0.4, 0.5) is 0 Å². The van der Waals surface area contributed by atoms with Crippen molar-refractivity contribution >= 4 is 72.4 Å². The Balaban J connectivity index is 1.82. The number of carbonyl (C=O) groups excluding carboxylic acids is 1. The van der Waals surface area contributed by atoms with Crippen LogP contribution in [-0.2, 0) is 11.4 Å². The Hall–Kier alpha value is -1.28. The third-order valence-corrected chi connectivity index (χ3v) is 6.54. The molecule has 1 amide bonds. The topological polar surface area (TPSA) is 41.9 Å². The average Bonchev–Trinajstić information content (AvgIpc) is 2.90. The molecule has 0 N–H and O–H groups in total. The van der Waals surface area contributed by atoms with Gasteiger partial charge in [0.25, 0.3) is 5.91 Å². The van der Waals surface area contributed by atoms with Gasteiger partial charge in [-0.1, -0.05) is 29.8 Å². The molecule has 3 rings (SSSR count). The smallest absolute Gasteiger partial charge is 0.266 e. The van der Waals surface area contributed by atoms with Crippen LogP contribution >= 0.6 is 55.2 Å². The van der Waals surface area contributed by atoms with E-state index >= 15 is 0 Å². The Morgan fingerprint density at radius 3 is 2.52 bits per heavy atom.